The molecule has 0 spiro atoms. The van der Waals surface area contributed by atoms with Crippen LogP contribution in [0.4, 0.5) is 4.79 Å². The van der Waals surface area contributed by atoms with Crippen LogP contribution < -0.4 is 10.6 Å². The molecule has 0 aliphatic rings. The smallest absolute Gasteiger partial charge is 0.407 e. The van der Waals surface area contributed by atoms with Crippen molar-refractivity contribution >= 4 is 35.4 Å². The minimum absolute atomic E-state index is 0.0993. The number of halogens is 1. The molecule has 0 saturated heterocycles. The monoisotopic (exact) mass is 358 g/mol. The maximum absolute atomic E-state index is 11.6. The van der Waals surface area contributed by atoms with E-state index in [0.717, 1.165) is 10.6 Å². The third-order valence-electron chi connectivity index (χ3n) is 2.53. The van der Waals surface area contributed by atoms with Crippen LogP contribution in [-0.2, 0) is 9.53 Å². The van der Waals surface area contributed by atoms with E-state index in [1.54, 1.807) is 32.5 Å². The van der Waals surface area contributed by atoms with Gasteiger partial charge in [-0.2, -0.15) is 0 Å². The molecule has 1 aromatic carbocycles. The highest BCUT2D eigenvalue weighted by molar-refractivity contribution is 7.99. The quantitative estimate of drug-likeness (QED) is 0.578. The molecular weight excluding hydrogens is 336 g/mol. The molecule has 2 N–H and O–H groups in total. The fourth-order valence-electron chi connectivity index (χ4n) is 1.57. The van der Waals surface area contributed by atoms with Gasteiger partial charge in [-0.1, -0.05) is 11.6 Å². The molecule has 23 heavy (non-hydrogen) atoms. The summed E-state index contributed by atoms with van der Waals surface area (Å²) in [7, 11) is 0. The lowest BCUT2D eigenvalue weighted by atomic mass is 10.2. The molecular formula is C16H23ClN2O3S. The molecule has 0 heterocycles. The number of benzene rings is 1. The van der Waals surface area contributed by atoms with Crippen LogP contribution in [0.2, 0.25) is 5.02 Å². The number of thioether (sulfide) groups is 1. The highest BCUT2D eigenvalue weighted by Crippen LogP contribution is 2.19. The first-order valence-electron chi connectivity index (χ1n) is 7.38. The summed E-state index contributed by atoms with van der Waals surface area (Å²) in [6.07, 6.45) is -0.284. The van der Waals surface area contributed by atoms with Crippen LogP contribution in [0.5, 0.6) is 0 Å². The van der Waals surface area contributed by atoms with Gasteiger partial charge in [-0.25, -0.2) is 4.79 Å². The van der Waals surface area contributed by atoms with Crippen LogP contribution in [0.15, 0.2) is 29.2 Å². The van der Waals surface area contributed by atoms with E-state index in [1.165, 1.54) is 0 Å². The SMILES string of the molecule is CC(C)(C)OC(=O)NCCC(=O)NCCSc1ccc(Cl)cc1. The van der Waals surface area contributed by atoms with E-state index in [2.05, 4.69) is 10.6 Å². The van der Waals surface area contributed by atoms with Gasteiger partial charge in [0.25, 0.3) is 0 Å². The summed E-state index contributed by atoms with van der Waals surface area (Å²) in [4.78, 5) is 24.1. The summed E-state index contributed by atoms with van der Waals surface area (Å²) in [5.41, 5.74) is -0.536. The summed E-state index contributed by atoms with van der Waals surface area (Å²) < 4.78 is 5.08. The summed E-state index contributed by atoms with van der Waals surface area (Å²) in [6, 6.07) is 7.56. The fourth-order valence-corrected chi connectivity index (χ4v) is 2.47. The maximum Gasteiger partial charge on any atom is 0.407 e. The normalized spacial score (nSPS) is 11.0. The first-order chi connectivity index (χ1) is 10.8. The highest BCUT2D eigenvalue weighted by atomic mass is 35.5. The predicted molar refractivity (Wildman–Crippen MR) is 94.0 cm³/mol. The minimum atomic E-state index is -0.536. The topological polar surface area (TPSA) is 67.4 Å². The van der Waals surface area contributed by atoms with Gasteiger partial charge in [0, 0.05) is 35.2 Å². The van der Waals surface area contributed by atoms with Gasteiger partial charge in [0.1, 0.15) is 5.60 Å². The molecule has 0 bridgehead atoms. The minimum Gasteiger partial charge on any atom is -0.444 e. The Morgan fingerprint density at radius 1 is 1.13 bits per heavy atom. The number of carbonyl (C=O) groups excluding carboxylic acids is 2. The lowest BCUT2D eigenvalue weighted by Gasteiger charge is -2.19. The van der Waals surface area contributed by atoms with Gasteiger partial charge in [0.15, 0.2) is 0 Å². The van der Waals surface area contributed by atoms with Crippen molar-refractivity contribution in [2.75, 3.05) is 18.8 Å². The predicted octanol–water partition coefficient (Wildman–Crippen LogP) is 3.46. The Labute approximate surface area is 146 Å². The lowest BCUT2D eigenvalue weighted by molar-refractivity contribution is -0.120. The van der Waals surface area contributed by atoms with E-state index < -0.39 is 11.7 Å². The van der Waals surface area contributed by atoms with Crippen LogP contribution in [0, 0.1) is 0 Å². The van der Waals surface area contributed by atoms with E-state index >= 15 is 0 Å². The molecule has 1 aromatic rings. The molecule has 0 atom stereocenters. The molecule has 0 fully saturated rings. The Kier molecular flexibility index (Phi) is 8.26. The van der Waals surface area contributed by atoms with Gasteiger partial charge in [0.05, 0.1) is 0 Å². The second kappa shape index (κ2) is 9.67. The molecule has 0 unspecified atom stereocenters. The van der Waals surface area contributed by atoms with Crippen molar-refractivity contribution in [3.8, 4) is 0 Å². The van der Waals surface area contributed by atoms with Crippen molar-refractivity contribution in [3.05, 3.63) is 29.3 Å². The number of carbonyl (C=O) groups is 2. The lowest BCUT2D eigenvalue weighted by Crippen LogP contribution is -2.35. The van der Waals surface area contributed by atoms with Gasteiger partial charge in [-0.05, 0) is 45.0 Å². The number of hydrogen-bond acceptors (Lipinski definition) is 4. The molecule has 0 radical (unpaired) electrons. The zero-order valence-corrected chi connectivity index (χ0v) is 15.2. The zero-order valence-electron chi connectivity index (χ0n) is 13.6. The van der Waals surface area contributed by atoms with Crippen LogP contribution in [0.1, 0.15) is 27.2 Å². The second-order valence-electron chi connectivity index (χ2n) is 5.83. The van der Waals surface area contributed by atoms with Crippen molar-refractivity contribution < 1.29 is 14.3 Å². The molecule has 5 nitrogen and oxygen atoms in total. The number of hydrogen-bond donors (Lipinski definition) is 2. The van der Waals surface area contributed by atoms with Crippen LogP contribution in [0.25, 0.3) is 0 Å². The van der Waals surface area contributed by atoms with Crippen molar-refractivity contribution in [1.82, 2.24) is 10.6 Å². The third-order valence-corrected chi connectivity index (χ3v) is 3.79. The number of nitrogens with one attached hydrogen (secondary N) is 2. The Hall–Kier alpha value is -1.40. The van der Waals surface area contributed by atoms with E-state index in [1.807, 2.05) is 24.3 Å². The second-order valence-corrected chi connectivity index (χ2v) is 7.44. The molecule has 0 saturated carbocycles. The Bertz CT molecular complexity index is 515. The van der Waals surface area contributed by atoms with Crippen molar-refractivity contribution in [2.24, 2.45) is 0 Å². The molecule has 0 aliphatic heterocycles. The van der Waals surface area contributed by atoms with E-state index in [9.17, 15) is 9.59 Å². The van der Waals surface area contributed by atoms with Gasteiger partial charge in [0.2, 0.25) is 5.91 Å². The van der Waals surface area contributed by atoms with Gasteiger partial charge in [-0.15, -0.1) is 11.8 Å². The maximum atomic E-state index is 11.6. The molecule has 7 heteroatoms. The summed E-state index contributed by atoms with van der Waals surface area (Å²) in [5.74, 6) is 0.671. The average molecular weight is 359 g/mol. The Morgan fingerprint density at radius 3 is 2.39 bits per heavy atom. The van der Waals surface area contributed by atoms with Crippen LogP contribution >= 0.6 is 23.4 Å². The van der Waals surface area contributed by atoms with Crippen molar-refractivity contribution in [3.63, 3.8) is 0 Å². The van der Waals surface area contributed by atoms with Crippen LogP contribution in [0.3, 0.4) is 0 Å². The number of amides is 2. The zero-order chi connectivity index (χ0) is 17.3. The Balaban J connectivity index is 2.08. The van der Waals surface area contributed by atoms with Gasteiger partial charge in [-0.3, -0.25) is 4.79 Å². The first kappa shape index (κ1) is 19.6. The number of ether oxygens (including phenoxy) is 1. The fraction of sp³-hybridized carbons (Fsp3) is 0.500. The molecule has 0 aliphatic carbocycles. The molecule has 1 rings (SSSR count). The summed E-state index contributed by atoms with van der Waals surface area (Å²) in [6.45, 7) is 6.19. The summed E-state index contributed by atoms with van der Waals surface area (Å²) in [5, 5.41) is 6.07. The standard InChI is InChI=1S/C16H23ClN2O3S/c1-16(2,3)22-15(21)19-9-8-14(20)18-10-11-23-13-6-4-12(17)5-7-13/h4-7H,8-11H2,1-3H3,(H,18,20)(H,19,21). The highest BCUT2D eigenvalue weighted by Gasteiger charge is 2.15. The van der Waals surface area contributed by atoms with Crippen LogP contribution in [-0.4, -0.2) is 36.4 Å². The number of rotatable bonds is 7. The largest absolute Gasteiger partial charge is 0.444 e. The first-order valence-corrected chi connectivity index (χ1v) is 8.74. The number of alkyl carbamates (subject to hydrolysis) is 1. The van der Waals surface area contributed by atoms with E-state index in [0.29, 0.717) is 11.6 Å². The average Bonchev–Trinajstić information content (AvgIpc) is 2.43. The van der Waals surface area contributed by atoms with Crippen molar-refractivity contribution in [2.45, 2.75) is 37.7 Å². The molecule has 2 amide bonds. The Morgan fingerprint density at radius 2 is 1.78 bits per heavy atom. The molecule has 128 valence electrons. The summed E-state index contributed by atoms with van der Waals surface area (Å²) >= 11 is 7.46. The molecule has 0 aromatic heterocycles. The van der Waals surface area contributed by atoms with E-state index in [-0.39, 0.29) is 18.9 Å². The van der Waals surface area contributed by atoms with Gasteiger partial charge < -0.3 is 15.4 Å². The van der Waals surface area contributed by atoms with E-state index in [4.69, 9.17) is 16.3 Å². The van der Waals surface area contributed by atoms with Gasteiger partial charge >= 0.3 is 6.09 Å². The third kappa shape index (κ3) is 10.1. The van der Waals surface area contributed by atoms with Crippen molar-refractivity contribution in [1.29, 1.82) is 0 Å².